The highest BCUT2D eigenvalue weighted by molar-refractivity contribution is 6.20. The molecule has 2 aliphatic rings. The van der Waals surface area contributed by atoms with Crippen molar-refractivity contribution < 1.29 is 0 Å². The molecule has 0 N–H and O–H groups in total. The fraction of sp³-hybridized carbons (Fsp3) is 0.0175. The third kappa shape index (κ3) is 10.6. The first-order valence-electron chi connectivity index (χ1n) is 40.9. The van der Waals surface area contributed by atoms with Gasteiger partial charge in [-0.2, -0.15) is 0 Å². The van der Waals surface area contributed by atoms with Gasteiger partial charge in [-0.15, -0.1) is 0 Å². The lowest BCUT2D eigenvalue weighted by molar-refractivity contribution is 0.769. The molecule has 552 valence electrons. The third-order valence-corrected chi connectivity index (χ3v) is 25.3. The number of nitrogens with zero attached hydrogens (tertiary/aromatic N) is 4. The van der Waals surface area contributed by atoms with Crippen LogP contribution in [0.15, 0.2) is 461 Å². The monoisotopic (exact) mass is 1500 g/mol. The van der Waals surface area contributed by atoms with Crippen LogP contribution < -0.4 is 0 Å². The molecule has 0 radical (unpaired) electrons. The summed E-state index contributed by atoms with van der Waals surface area (Å²) in [7, 11) is 0. The predicted octanol–water partition coefficient (Wildman–Crippen LogP) is 28.8. The Hall–Kier alpha value is -15.4. The van der Waals surface area contributed by atoms with Crippen LogP contribution in [-0.4, -0.2) is 18.3 Å². The van der Waals surface area contributed by atoms with Crippen LogP contribution >= 0.6 is 0 Å². The molecule has 0 saturated heterocycles. The average molecular weight is 1500 g/mol. The molecule has 0 saturated carbocycles. The van der Waals surface area contributed by atoms with Crippen molar-refractivity contribution in [2.24, 2.45) is 0 Å². The van der Waals surface area contributed by atoms with Gasteiger partial charge in [-0.05, 0) is 214 Å². The van der Waals surface area contributed by atoms with Crippen molar-refractivity contribution >= 4 is 65.4 Å². The van der Waals surface area contributed by atoms with Gasteiger partial charge in [0.2, 0.25) is 0 Å². The Balaban J connectivity index is 0.000000138. The first kappa shape index (κ1) is 68.3. The molecule has 4 aromatic heterocycles. The second-order valence-electron chi connectivity index (χ2n) is 31.4. The van der Waals surface area contributed by atoms with Crippen LogP contribution in [0.3, 0.4) is 0 Å². The van der Waals surface area contributed by atoms with E-state index < -0.39 is 10.8 Å². The lowest BCUT2D eigenvalue weighted by Crippen LogP contribution is -2.28. The summed E-state index contributed by atoms with van der Waals surface area (Å²) < 4.78 is 9.55. The van der Waals surface area contributed by atoms with Crippen LogP contribution in [0.1, 0.15) is 44.5 Å². The maximum absolute atomic E-state index is 2.46. The van der Waals surface area contributed by atoms with Gasteiger partial charge in [0.05, 0.1) is 43.9 Å². The van der Waals surface area contributed by atoms with Gasteiger partial charge in [0, 0.05) is 67.5 Å². The summed E-state index contributed by atoms with van der Waals surface area (Å²) in [5.41, 5.74) is 36.2. The number of fused-ring (bicyclic) bond motifs is 16. The second kappa shape index (κ2) is 27.7. The summed E-state index contributed by atoms with van der Waals surface area (Å²) in [4.78, 5) is 0. The summed E-state index contributed by atoms with van der Waals surface area (Å²) in [5.74, 6) is 0. The van der Waals surface area contributed by atoms with E-state index in [1.807, 2.05) is 0 Å². The van der Waals surface area contributed by atoms with Gasteiger partial charge in [-0.25, -0.2) is 0 Å². The van der Waals surface area contributed by atoms with Gasteiger partial charge in [0.25, 0.3) is 0 Å². The summed E-state index contributed by atoms with van der Waals surface area (Å²) >= 11 is 0. The Morgan fingerprint density at radius 1 is 0.169 bits per heavy atom. The van der Waals surface area contributed by atoms with Gasteiger partial charge in [-0.3, -0.25) is 0 Å². The zero-order valence-electron chi connectivity index (χ0n) is 64.7. The Kier molecular flexibility index (Phi) is 16.0. The van der Waals surface area contributed by atoms with Gasteiger partial charge in [0.1, 0.15) is 0 Å². The highest BCUT2D eigenvalue weighted by atomic mass is 15.0. The van der Waals surface area contributed by atoms with Crippen molar-refractivity contribution in [3.05, 3.63) is 506 Å². The topological polar surface area (TPSA) is 19.7 Å². The summed E-state index contributed by atoms with van der Waals surface area (Å²) in [6.45, 7) is 0. The van der Waals surface area contributed by atoms with Crippen LogP contribution in [0.5, 0.6) is 0 Å². The molecular formula is C114H76N4. The van der Waals surface area contributed by atoms with Gasteiger partial charge in [0.15, 0.2) is 0 Å². The van der Waals surface area contributed by atoms with E-state index in [0.717, 1.165) is 22.7 Å². The van der Waals surface area contributed by atoms with E-state index in [2.05, 4.69) is 480 Å². The van der Waals surface area contributed by atoms with Crippen LogP contribution in [0, 0.1) is 0 Å². The predicted molar refractivity (Wildman–Crippen MR) is 492 cm³/mol. The maximum atomic E-state index is 2.46. The normalized spacial score (nSPS) is 12.9. The molecule has 0 unspecified atom stereocenters. The van der Waals surface area contributed by atoms with Crippen molar-refractivity contribution in [2.45, 2.75) is 10.8 Å². The number of hydrogen-bond acceptors (Lipinski definition) is 0. The maximum Gasteiger partial charge on any atom is 0.0788 e. The van der Waals surface area contributed by atoms with Gasteiger partial charge in [-0.1, -0.05) is 346 Å². The highest BCUT2D eigenvalue weighted by Crippen LogP contribution is 2.59. The number of para-hydroxylation sites is 4. The van der Waals surface area contributed by atoms with E-state index >= 15 is 0 Å². The van der Waals surface area contributed by atoms with Crippen molar-refractivity contribution in [2.75, 3.05) is 0 Å². The fourth-order valence-electron chi connectivity index (χ4n) is 20.1. The Morgan fingerprint density at radius 3 is 0.856 bits per heavy atom. The minimum Gasteiger partial charge on any atom is -0.315 e. The quantitative estimate of drug-likeness (QED) is 0.116. The van der Waals surface area contributed by atoms with Crippen molar-refractivity contribution in [3.8, 4) is 89.5 Å². The molecule has 18 aromatic carbocycles. The van der Waals surface area contributed by atoms with Crippen LogP contribution in [0.2, 0.25) is 0 Å². The van der Waals surface area contributed by atoms with E-state index in [0.29, 0.717) is 0 Å². The van der Waals surface area contributed by atoms with Crippen molar-refractivity contribution in [3.63, 3.8) is 0 Å². The molecule has 0 amide bonds. The average Bonchev–Trinajstić information content (AvgIpc) is 1.56. The Labute approximate surface area is 685 Å². The molecule has 22 aromatic rings. The minimum atomic E-state index is -0.439. The summed E-state index contributed by atoms with van der Waals surface area (Å²) in [6.07, 6.45) is 4.40. The van der Waals surface area contributed by atoms with E-state index in [9.17, 15) is 0 Å². The molecule has 4 heteroatoms. The molecular weight excluding hydrogens is 1430 g/mol. The van der Waals surface area contributed by atoms with E-state index in [4.69, 9.17) is 0 Å². The Morgan fingerprint density at radius 2 is 0.466 bits per heavy atom. The number of rotatable bonds is 12. The SMILES string of the molecule is c1ccc(-n2ccc3ccc4c5cc(-c6ccc(-c7ccc8c(c7)C(c7ccccc7)(c7ccccc7)c7ccccc7-8)cc6)ccc5n(-c5ccccc5)c4c32)cc1.c1ccc(-n2ccc3ccc4c5cc(-c6cccc(-c7ccc8c(c7)C(c7ccccc7)(c7ccccc7)c7ccccc7-8)c6)ccc5n(-c5ccccc5)c4c32)cc1. The van der Waals surface area contributed by atoms with Crippen molar-refractivity contribution in [1.29, 1.82) is 0 Å². The number of hydrogen-bond donors (Lipinski definition) is 0. The second-order valence-corrected chi connectivity index (χ2v) is 31.4. The molecule has 0 aliphatic heterocycles. The Bertz CT molecular complexity index is 7530. The molecule has 0 bridgehead atoms. The minimum absolute atomic E-state index is 0.424. The van der Waals surface area contributed by atoms with Gasteiger partial charge < -0.3 is 18.3 Å². The van der Waals surface area contributed by atoms with Crippen LogP contribution in [0.4, 0.5) is 0 Å². The third-order valence-electron chi connectivity index (χ3n) is 25.3. The molecule has 0 spiro atoms. The lowest BCUT2D eigenvalue weighted by atomic mass is 9.67. The highest BCUT2D eigenvalue weighted by Gasteiger charge is 2.48. The summed E-state index contributed by atoms with van der Waals surface area (Å²) in [6, 6.07) is 165. The van der Waals surface area contributed by atoms with E-state index in [1.54, 1.807) is 0 Å². The molecule has 0 fully saturated rings. The zero-order chi connectivity index (χ0) is 77.8. The number of benzene rings is 18. The smallest absolute Gasteiger partial charge is 0.0788 e. The first-order chi connectivity index (χ1) is 58.5. The molecule has 24 rings (SSSR count). The van der Waals surface area contributed by atoms with E-state index in [1.165, 1.54) is 177 Å². The van der Waals surface area contributed by atoms with Gasteiger partial charge >= 0.3 is 0 Å². The van der Waals surface area contributed by atoms with E-state index in [-0.39, 0.29) is 0 Å². The summed E-state index contributed by atoms with van der Waals surface area (Å²) in [5, 5.41) is 7.39. The number of aromatic nitrogens is 4. The van der Waals surface area contributed by atoms with Crippen molar-refractivity contribution in [1.82, 2.24) is 18.3 Å². The molecule has 0 atom stereocenters. The molecule has 2 aliphatic carbocycles. The standard InChI is InChI=1S/2C57H38N2/c1-5-18-44(19-6-1)57(45-20-7-2-8-21-45)52-27-14-13-26-48(52)49-31-29-43(38-53(49)57)41-17-15-16-40(36-41)42-30-33-54-51(37-42)50-32-28-39-34-35-58(46-22-9-3-10-23-46)55(39)56(50)59(54)47-24-11-4-12-25-47;1-5-15-44(16-6-1)57(45-17-7-2-8-18-45)52-24-14-13-23-48(52)49-32-30-43(38-53(49)57)40-27-25-39(26-28-40)42-31-34-54-51(37-42)50-33-29-41-35-36-58(46-19-9-3-10-20-46)55(41)56(50)59(54)47-21-11-4-12-22-47/h2*1-38H. The first-order valence-corrected chi connectivity index (χ1v) is 40.9. The largest absolute Gasteiger partial charge is 0.315 e. The molecule has 118 heavy (non-hydrogen) atoms. The van der Waals surface area contributed by atoms with Crippen LogP contribution in [0.25, 0.3) is 155 Å². The van der Waals surface area contributed by atoms with Crippen LogP contribution in [-0.2, 0) is 10.8 Å². The fourth-order valence-corrected chi connectivity index (χ4v) is 20.1. The zero-order valence-corrected chi connectivity index (χ0v) is 64.7. The molecule has 4 heterocycles. The lowest BCUT2D eigenvalue weighted by Gasteiger charge is -2.34. The molecule has 4 nitrogen and oxygen atoms in total.